The maximum Gasteiger partial charge on any atom is 0.119 e. The first-order valence-electron chi connectivity index (χ1n) is 7.63. The molecule has 0 amide bonds. The Morgan fingerprint density at radius 1 is 1.05 bits per heavy atom. The van der Waals surface area contributed by atoms with E-state index in [2.05, 4.69) is 43.3 Å². The molecule has 2 aromatic carbocycles. The number of aromatic hydroxyl groups is 1. The van der Waals surface area contributed by atoms with Crippen LogP contribution in [0.15, 0.2) is 48.5 Å². The number of benzene rings is 2. The van der Waals surface area contributed by atoms with Crippen LogP contribution >= 0.6 is 0 Å². The number of methoxy groups -OCH3 is 1. The average molecular weight is 299 g/mol. The first-order valence-corrected chi connectivity index (χ1v) is 7.63. The third-order valence-corrected chi connectivity index (χ3v) is 3.79. The van der Waals surface area contributed by atoms with E-state index >= 15 is 0 Å². The topological polar surface area (TPSA) is 32.7 Å². The summed E-state index contributed by atoms with van der Waals surface area (Å²) in [6.07, 6.45) is 1.83. The highest BCUT2D eigenvalue weighted by Gasteiger charge is 2.15. The van der Waals surface area contributed by atoms with Crippen LogP contribution in [0.25, 0.3) is 0 Å². The Morgan fingerprint density at radius 2 is 1.77 bits per heavy atom. The van der Waals surface area contributed by atoms with Crippen molar-refractivity contribution in [3.8, 4) is 11.5 Å². The van der Waals surface area contributed by atoms with Crippen molar-refractivity contribution in [1.29, 1.82) is 0 Å². The number of nitrogens with zero attached hydrogens (tertiary/aromatic N) is 1. The Bertz CT molecular complexity index is 581. The molecule has 0 saturated carbocycles. The van der Waals surface area contributed by atoms with Crippen LogP contribution in [0.3, 0.4) is 0 Å². The summed E-state index contributed by atoms with van der Waals surface area (Å²) in [4.78, 5) is 2.20. The maximum absolute atomic E-state index is 10.1. The predicted octanol–water partition coefficient (Wildman–Crippen LogP) is 3.36. The van der Waals surface area contributed by atoms with E-state index in [4.69, 9.17) is 4.74 Å². The van der Waals surface area contributed by atoms with Crippen LogP contribution in [0.5, 0.6) is 11.5 Å². The molecule has 0 heterocycles. The van der Waals surface area contributed by atoms with Crippen molar-refractivity contribution in [2.24, 2.45) is 5.92 Å². The normalized spacial score (nSPS) is 12.4. The van der Waals surface area contributed by atoms with Crippen molar-refractivity contribution in [3.05, 3.63) is 59.7 Å². The summed E-state index contributed by atoms with van der Waals surface area (Å²) in [5.74, 6) is 1.57. The van der Waals surface area contributed by atoms with Gasteiger partial charge in [0.05, 0.1) is 7.11 Å². The van der Waals surface area contributed by atoms with Crippen LogP contribution in [-0.2, 0) is 12.8 Å². The lowest BCUT2D eigenvalue weighted by Crippen LogP contribution is -2.25. The van der Waals surface area contributed by atoms with Crippen molar-refractivity contribution in [2.45, 2.75) is 12.8 Å². The quantitative estimate of drug-likeness (QED) is 0.851. The minimum Gasteiger partial charge on any atom is -0.508 e. The molecule has 22 heavy (non-hydrogen) atoms. The molecule has 0 aliphatic rings. The van der Waals surface area contributed by atoms with Crippen LogP contribution in [0, 0.1) is 5.92 Å². The molecule has 1 atom stereocenters. The molecular weight excluding hydrogens is 274 g/mol. The molecule has 0 spiro atoms. The van der Waals surface area contributed by atoms with Crippen LogP contribution in [-0.4, -0.2) is 37.8 Å². The van der Waals surface area contributed by atoms with Crippen LogP contribution < -0.4 is 4.74 Å². The highest BCUT2D eigenvalue weighted by molar-refractivity contribution is 5.39. The van der Waals surface area contributed by atoms with Crippen molar-refractivity contribution in [3.63, 3.8) is 0 Å². The van der Waals surface area contributed by atoms with Gasteiger partial charge in [-0.25, -0.2) is 0 Å². The SMILES string of the molecule is COc1ccc(O)c(CC(Cc2ccccc2)CN(C)C)c1. The van der Waals surface area contributed by atoms with Crippen molar-refractivity contribution in [2.75, 3.05) is 27.7 Å². The second-order valence-corrected chi connectivity index (χ2v) is 6.02. The molecule has 0 aliphatic heterocycles. The Kier molecular flexibility index (Phi) is 5.84. The summed E-state index contributed by atoms with van der Waals surface area (Å²) < 4.78 is 5.27. The monoisotopic (exact) mass is 299 g/mol. The number of rotatable bonds is 7. The molecule has 2 aromatic rings. The standard InChI is InChI=1S/C19H25NO2/c1-20(2)14-16(11-15-7-5-4-6-8-15)12-17-13-18(22-3)9-10-19(17)21/h4-10,13,16,21H,11-12,14H2,1-3H3. The second kappa shape index (κ2) is 7.85. The zero-order valence-corrected chi connectivity index (χ0v) is 13.6. The highest BCUT2D eigenvalue weighted by atomic mass is 16.5. The van der Waals surface area contributed by atoms with Gasteiger partial charge in [0, 0.05) is 6.54 Å². The van der Waals surface area contributed by atoms with Gasteiger partial charge in [-0.15, -0.1) is 0 Å². The molecule has 2 rings (SSSR count). The lowest BCUT2D eigenvalue weighted by Gasteiger charge is -2.22. The van der Waals surface area contributed by atoms with Crippen molar-refractivity contribution < 1.29 is 9.84 Å². The molecule has 3 nitrogen and oxygen atoms in total. The van der Waals surface area contributed by atoms with Crippen molar-refractivity contribution >= 4 is 0 Å². The summed E-state index contributed by atoms with van der Waals surface area (Å²) in [5.41, 5.74) is 2.28. The molecular formula is C19H25NO2. The predicted molar refractivity (Wildman–Crippen MR) is 90.6 cm³/mol. The van der Waals surface area contributed by atoms with E-state index < -0.39 is 0 Å². The zero-order valence-electron chi connectivity index (χ0n) is 13.6. The van der Waals surface area contributed by atoms with Crippen LogP contribution in [0.4, 0.5) is 0 Å². The van der Waals surface area contributed by atoms with Gasteiger partial charge in [-0.2, -0.15) is 0 Å². The molecule has 0 aliphatic carbocycles. The molecule has 0 saturated heterocycles. The largest absolute Gasteiger partial charge is 0.508 e. The van der Waals surface area contributed by atoms with E-state index in [1.807, 2.05) is 12.1 Å². The first kappa shape index (κ1) is 16.4. The summed E-state index contributed by atoms with van der Waals surface area (Å²) in [6.45, 7) is 0.978. The van der Waals surface area contributed by atoms with Crippen molar-refractivity contribution in [1.82, 2.24) is 4.90 Å². The third-order valence-electron chi connectivity index (χ3n) is 3.79. The van der Waals surface area contributed by atoms with E-state index in [0.717, 1.165) is 30.7 Å². The first-order chi connectivity index (χ1) is 10.6. The second-order valence-electron chi connectivity index (χ2n) is 6.02. The molecule has 1 N–H and O–H groups in total. The Morgan fingerprint density at radius 3 is 2.41 bits per heavy atom. The average Bonchev–Trinajstić information content (AvgIpc) is 2.50. The number of ether oxygens (including phenoxy) is 1. The molecule has 0 radical (unpaired) electrons. The van der Waals surface area contributed by atoms with Gasteiger partial charge in [-0.3, -0.25) is 0 Å². The maximum atomic E-state index is 10.1. The fourth-order valence-corrected chi connectivity index (χ4v) is 2.83. The van der Waals surface area contributed by atoms with Gasteiger partial charge in [-0.05, 0) is 62.2 Å². The van der Waals surface area contributed by atoms with Gasteiger partial charge in [0.1, 0.15) is 11.5 Å². The van der Waals surface area contributed by atoms with Gasteiger partial charge >= 0.3 is 0 Å². The molecule has 1 unspecified atom stereocenters. The number of phenolic OH excluding ortho intramolecular Hbond substituents is 1. The van der Waals surface area contributed by atoms with Gasteiger partial charge in [0.25, 0.3) is 0 Å². The highest BCUT2D eigenvalue weighted by Crippen LogP contribution is 2.26. The van der Waals surface area contributed by atoms with E-state index in [1.165, 1.54) is 5.56 Å². The van der Waals surface area contributed by atoms with E-state index in [-0.39, 0.29) is 0 Å². The van der Waals surface area contributed by atoms with Gasteiger partial charge in [-0.1, -0.05) is 30.3 Å². The lowest BCUT2D eigenvalue weighted by atomic mass is 9.91. The molecule has 0 fully saturated rings. The number of phenols is 1. The van der Waals surface area contributed by atoms with Crippen LogP contribution in [0.2, 0.25) is 0 Å². The summed E-state index contributed by atoms with van der Waals surface area (Å²) in [7, 11) is 5.82. The lowest BCUT2D eigenvalue weighted by molar-refractivity contribution is 0.318. The number of hydrogen-bond acceptors (Lipinski definition) is 3. The number of hydrogen-bond donors (Lipinski definition) is 1. The fraction of sp³-hybridized carbons (Fsp3) is 0.368. The van der Waals surface area contributed by atoms with E-state index in [0.29, 0.717) is 11.7 Å². The summed E-state index contributed by atoms with van der Waals surface area (Å²) in [6, 6.07) is 15.9. The Hall–Kier alpha value is -2.00. The smallest absolute Gasteiger partial charge is 0.119 e. The van der Waals surface area contributed by atoms with Crippen LogP contribution in [0.1, 0.15) is 11.1 Å². The summed E-state index contributed by atoms with van der Waals surface area (Å²) >= 11 is 0. The minimum absolute atomic E-state index is 0.345. The van der Waals surface area contributed by atoms with E-state index in [9.17, 15) is 5.11 Å². The molecule has 0 aromatic heterocycles. The molecule has 3 heteroatoms. The summed E-state index contributed by atoms with van der Waals surface area (Å²) in [5, 5.41) is 10.1. The van der Waals surface area contributed by atoms with E-state index in [1.54, 1.807) is 19.2 Å². The Balaban J connectivity index is 2.15. The minimum atomic E-state index is 0.345. The van der Waals surface area contributed by atoms with Gasteiger partial charge in [0.2, 0.25) is 0 Å². The third kappa shape index (κ3) is 4.78. The van der Waals surface area contributed by atoms with Gasteiger partial charge < -0.3 is 14.7 Å². The Labute approximate surface area is 133 Å². The zero-order chi connectivity index (χ0) is 15.9. The molecule has 118 valence electrons. The fourth-order valence-electron chi connectivity index (χ4n) is 2.83. The molecule has 0 bridgehead atoms. The van der Waals surface area contributed by atoms with Gasteiger partial charge in [0.15, 0.2) is 0 Å².